The van der Waals surface area contributed by atoms with E-state index in [0.717, 1.165) is 26.8 Å². The van der Waals surface area contributed by atoms with Crippen LogP contribution in [0.5, 0.6) is 0 Å². The number of fused-ring (bicyclic) bond motifs is 3. The third kappa shape index (κ3) is 3.42. The topological polar surface area (TPSA) is 61.3 Å². The Kier molecular flexibility index (Phi) is 5.11. The van der Waals surface area contributed by atoms with E-state index in [0.29, 0.717) is 6.61 Å². The van der Waals surface area contributed by atoms with E-state index in [-0.39, 0.29) is 16.8 Å². The number of thiophene rings is 1. The van der Waals surface area contributed by atoms with Crippen LogP contribution >= 0.6 is 34.9 Å². The Labute approximate surface area is 153 Å². The van der Waals surface area contributed by atoms with Crippen LogP contribution in [0.4, 0.5) is 0 Å². The number of carbonyl (C=O) groups excluding carboxylic acids is 1. The van der Waals surface area contributed by atoms with Gasteiger partial charge in [-0.3, -0.25) is 4.79 Å². The fraction of sp³-hybridized carbons (Fsp3) is 0.562. The molecule has 2 aromatic rings. The number of ether oxygens (including phenoxy) is 2. The number of aromatic nitrogens is 2. The van der Waals surface area contributed by atoms with Gasteiger partial charge in [-0.25, -0.2) is 9.97 Å². The van der Waals surface area contributed by atoms with Crippen LogP contribution in [0.1, 0.15) is 31.2 Å². The average molecular weight is 385 g/mol. The van der Waals surface area contributed by atoms with Gasteiger partial charge >= 0.3 is 5.97 Å². The Balaban J connectivity index is 2.12. The fourth-order valence-electron chi connectivity index (χ4n) is 2.65. The first kappa shape index (κ1) is 18.0. The van der Waals surface area contributed by atoms with Crippen molar-refractivity contribution in [3.8, 4) is 0 Å². The highest BCUT2D eigenvalue weighted by atomic mass is 32.2. The lowest BCUT2D eigenvalue weighted by atomic mass is 9.95. The Bertz CT molecular complexity index is 788. The molecule has 8 heteroatoms. The van der Waals surface area contributed by atoms with Gasteiger partial charge < -0.3 is 9.47 Å². The van der Waals surface area contributed by atoms with Crippen LogP contribution in [-0.2, 0) is 27.3 Å². The molecule has 0 fully saturated rings. The summed E-state index contributed by atoms with van der Waals surface area (Å²) < 4.78 is 10.8. The van der Waals surface area contributed by atoms with Gasteiger partial charge in [0.1, 0.15) is 15.1 Å². The number of hydrogen-bond acceptors (Lipinski definition) is 8. The molecule has 0 radical (unpaired) electrons. The van der Waals surface area contributed by atoms with E-state index in [1.54, 1.807) is 11.3 Å². The van der Waals surface area contributed by atoms with Crippen molar-refractivity contribution in [1.82, 2.24) is 9.97 Å². The first-order valence-corrected chi connectivity index (χ1v) is 10.5. The lowest BCUT2D eigenvalue weighted by molar-refractivity contribution is -0.139. The highest BCUT2D eigenvalue weighted by Crippen LogP contribution is 2.43. The van der Waals surface area contributed by atoms with Gasteiger partial charge in [0.25, 0.3) is 0 Å². The summed E-state index contributed by atoms with van der Waals surface area (Å²) in [5.41, 5.74) is 1.06. The predicted octanol–water partition coefficient (Wildman–Crippen LogP) is 3.92. The van der Waals surface area contributed by atoms with Gasteiger partial charge in [0.15, 0.2) is 5.16 Å². The van der Waals surface area contributed by atoms with Crippen LogP contribution in [0.25, 0.3) is 10.2 Å². The van der Waals surface area contributed by atoms with Crippen LogP contribution in [0.2, 0.25) is 0 Å². The Morgan fingerprint density at radius 3 is 2.83 bits per heavy atom. The minimum Gasteiger partial charge on any atom is -0.468 e. The zero-order chi connectivity index (χ0) is 17.5. The standard InChI is InChI=1S/C16H20N2O3S3/c1-8(14(19)20-4)23-12-11-9-6-16(2,3)21-7-10(9)24-13(11)18-15(17-12)22-5/h8H,6-7H2,1-5H3. The molecule has 0 aromatic carbocycles. The second kappa shape index (κ2) is 6.82. The highest BCUT2D eigenvalue weighted by molar-refractivity contribution is 8.00. The molecule has 24 heavy (non-hydrogen) atoms. The van der Waals surface area contributed by atoms with Crippen molar-refractivity contribution in [2.24, 2.45) is 0 Å². The zero-order valence-corrected chi connectivity index (χ0v) is 16.8. The van der Waals surface area contributed by atoms with Crippen molar-refractivity contribution in [3.05, 3.63) is 10.4 Å². The summed E-state index contributed by atoms with van der Waals surface area (Å²) in [6.45, 7) is 6.64. The number of methoxy groups -OCH3 is 1. The van der Waals surface area contributed by atoms with Gasteiger partial charge in [-0.05, 0) is 32.6 Å². The molecule has 1 unspecified atom stereocenters. The minimum absolute atomic E-state index is 0.199. The third-order valence-electron chi connectivity index (χ3n) is 3.88. The van der Waals surface area contributed by atoms with E-state index in [1.165, 1.54) is 41.1 Å². The van der Waals surface area contributed by atoms with Crippen molar-refractivity contribution >= 4 is 51.0 Å². The molecule has 0 N–H and O–H groups in total. The van der Waals surface area contributed by atoms with Crippen LogP contribution in [0.15, 0.2) is 10.2 Å². The maximum atomic E-state index is 11.8. The summed E-state index contributed by atoms with van der Waals surface area (Å²) >= 11 is 4.61. The number of hydrogen-bond donors (Lipinski definition) is 0. The highest BCUT2D eigenvalue weighted by Gasteiger charge is 2.31. The predicted molar refractivity (Wildman–Crippen MR) is 99.1 cm³/mol. The lowest BCUT2D eigenvalue weighted by Gasteiger charge is -2.30. The van der Waals surface area contributed by atoms with E-state index < -0.39 is 0 Å². The molecule has 1 atom stereocenters. The van der Waals surface area contributed by atoms with E-state index >= 15 is 0 Å². The Morgan fingerprint density at radius 2 is 2.17 bits per heavy atom. The quantitative estimate of drug-likeness (QED) is 0.343. The largest absolute Gasteiger partial charge is 0.468 e. The fourth-order valence-corrected chi connectivity index (χ4v) is 5.30. The number of carbonyl (C=O) groups is 1. The molecule has 0 amide bonds. The lowest BCUT2D eigenvalue weighted by Crippen LogP contribution is -2.31. The normalized spacial score (nSPS) is 17.5. The molecule has 0 bridgehead atoms. The smallest absolute Gasteiger partial charge is 0.318 e. The molecule has 5 nitrogen and oxygen atoms in total. The van der Waals surface area contributed by atoms with Gasteiger partial charge in [-0.2, -0.15) is 0 Å². The summed E-state index contributed by atoms with van der Waals surface area (Å²) in [7, 11) is 1.41. The van der Waals surface area contributed by atoms with E-state index in [1.807, 2.05) is 13.2 Å². The van der Waals surface area contributed by atoms with E-state index in [9.17, 15) is 4.79 Å². The SMILES string of the molecule is COC(=O)C(C)Sc1nc(SC)nc2sc3c(c12)CC(C)(C)OC3. The number of rotatable bonds is 4. The zero-order valence-electron chi connectivity index (χ0n) is 14.3. The van der Waals surface area contributed by atoms with Gasteiger partial charge in [-0.15, -0.1) is 11.3 Å². The summed E-state index contributed by atoms with van der Waals surface area (Å²) in [4.78, 5) is 23.4. The monoisotopic (exact) mass is 384 g/mol. The molecule has 1 aliphatic rings. The molecule has 3 heterocycles. The molecule has 2 aromatic heterocycles. The van der Waals surface area contributed by atoms with E-state index in [2.05, 4.69) is 23.8 Å². The van der Waals surface area contributed by atoms with Crippen molar-refractivity contribution < 1.29 is 14.3 Å². The van der Waals surface area contributed by atoms with Crippen molar-refractivity contribution in [1.29, 1.82) is 0 Å². The maximum Gasteiger partial charge on any atom is 0.318 e. The average Bonchev–Trinajstić information content (AvgIpc) is 2.90. The van der Waals surface area contributed by atoms with Gasteiger partial charge in [0, 0.05) is 16.7 Å². The second-order valence-electron chi connectivity index (χ2n) is 6.21. The number of thioether (sulfide) groups is 2. The third-order valence-corrected chi connectivity index (χ3v) is 6.59. The molecule has 3 rings (SSSR count). The summed E-state index contributed by atoms with van der Waals surface area (Å²) in [5, 5.41) is 2.34. The van der Waals surface area contributed by atoms with Crippen molar-refractivity contribution in [2.45, 2.75) is 54.8 Å². The second-order valence-corrected chi connectivity index (χ2v) is 9.39. The molecular weight excluding hydrogens is 364 g/mol. The van der Waals surface area contributed by atoms with Crippen LogP contribution in [0.3, 0.4) is 0 Å². The maximum absolute atomic E-state index is 11.8. The first-order valence-electron chi connectivity index (χ1n) is 7.59. The molecule has 0 aliphatic carbocycles. The molecule has 0 saturated heterocycles. The molecule has 0 spiro atoms. The van der Waals surface area contributed by atoms with Crippen molar-refractivity contribution in [2.75, 3.05) is 13.4 Å². The van der Waals surface area contributed by atoms with Gasteiger partial charge in [0.05, 0.1) is 19.3 Å². The molecular formula is C16H20N2O3S3. The van der Waals surface area contributed by atoms with Crippen LogP contribution in [-0.4, -0.2) is 40.2 Å². The summed E-state index contributed by atoms with van der Waals surface area (Å²) in [6.07, 6.45) is 2.78. The first-order chi connectivity index (χ1) is 11.3. The summed E-state index contributed by atoms with van der Waals surface area (Å²) in [6, 6.07) is 0. The minimum atomic E-state index is -0.314. The number of esters is 1. The number of nitrogens with zero attached hydrogens (tertiary/aromatic N) is 2. The molecule has 1 aliphatic heterocycles. The molecule has 0 saturated carbocycles. The Hall–Kier alpha value is -0.830. The van der Waals surface area contributed by atoms with Gasteiger partial charge in [-0.1, -0.05) is 23.5 Å². The van der Waals surface area contributed by atoms with Crippen LogP contribution < -0.4 is 0 Å². The summed E-state index contributed by atoms with van der Waals surface area (Å²) in [5.74, 6) is -0.245. The van der Waals surface area contributed by atoms with Crippen LogP contribution in [0, 0.1) is 0 Å². The van der Waals surface area contributed by atoms with Crippen molar-refractivity contribution in [3.63, 3.8) is 0 Å². The molecule has 130 valence electrons. The van der Waals surface area contributed by atoms with E-state index in [4.69, 9.17) is 9.47 Å². The Morgan fingerprint density at radius 1 is 1.42 bits per heavy atom. The van der Waals surface area contributed by atoms with Gasteiger partial charge in [0.2, 0.25) is 0 Å².